The predicted octanol–water partition coefficient (Wildman–Crippen LogP) is 9.21. The van der Waals surface area contributed by atoms with Crippen LogP contribution in [0, 0.1) is 13.8 Å². The summed E-state index contributed by atoms with van der Waals surface area (Å²) in [5, 5.41) is 11.2. The normalized spacial score (nSPS) is 16.8. The zero-order chi connectivity index (χ0) is 28.0. The summed E-state index contributed by atoms with van der Waals surface area (Å²) in [6.45, 7) is 6.78. The van der Waals surface area contributed by atoms with Crippen molar-refractivity contribution in [2.45, 2.75) is 117 Å². The van der Waals surface area contributed by atoms with Crippen LogP contribution in [-0.4, -0.2) is 28.2 Å². The molecule has 39 heavy (non-hydrogen) atoms. The van der Waals surface area contributed by atoms with Crippen LogP contribution in [-0.2, 0) is 9.59 Å². The molecule has 0 bridgehead atoms. The van der Waals surface area contributed by atoms with Crippen LogP contribution < -0.4 is 0 Å². The fourth-order valence-electron chi connectivity index (χ4n) is 5.55. The summed E-state index contributed by atoms with van der Waals surface area (Å²) in [6, 6.07) is 14.8. The zero-order valence-electron chi connectivity index (χ0n) is 24.5. The summed E-state index contributed by atoms with van der Waals surface area (Å²) in [6.07, 6.45) is 17.8. The van der Waals surface area contributed by atoms with Gasteiger partial charge < -0.3 is 10.0 Å². The molecule has 0 aliphatic carbocycles. The maximum Gasteiger partial charge on any atom is 0.295 e. The maximum atomic E-state index is 13.2. The number of aryl methyl sites for hydroxylation is 2. The predicted molar refractivity (Wildman–Crippen MR) is 162 cm³/mol. The first-order chi connectivity index (χ1) is 18.9. The number of benzene rings is 2. The van der Waals surface area contributed by atoms with Gasteiger partial charge in [-0.25, -0.2) is 0 Å². The lowest BCUT2D eigenvalue weighted by Gasteiger charge is -2.25. The highest BCUT2D eigenvalue weighted by atomic mass is 16.3. The molecule has 3 rings (SSSR count). The first-order valence-electron chi connectivity index (χ1n) is 15.4. The van der Waals surface area contributed by atoms with Crippen LogP contribution in [0.3, 0.4) is 0 Å². The highest BCUT2D eigenvalue weighted by Crippen LogP contribution is 2.39. The van der Waals surface area contributed by atoms with E-state index in [0.717, 1.165) is 36.0 Å². The smallest absolute Gasteiger partial charge is 0.295 e. The minimum absolute atomic E-state index is 0.0950. The Hall–Kier alpha value is -2.88. The quantitative estimate of drug-likeness (QED) is 0.0958. The number of hydrogen-bond donors (Lipinski definition) is 1. The maximum absolute atomic E-state index is 13.2. The van der Waals surface area contributed by atoms with Crippen LogP contribution >= 0.6 is 0 Å². The second-order valence-electron chi connectivity index (χ2n) is 11.4. The molecule has 1 aliphatic heterocycles. The molecule has 0 spiro atoms. The molecule has 1 N–H and O–H groups in total. The summed E-state index contributed by atoms with van der Waals surface area (Å²) in [5.41, 5.74) is 3.80. The van der Waals surface area contributed by atoms with E-state index in [1.807, 2.05) is 50.2 Å². The van der Waals surface area contributed by atoms with E-state index in [1.54, 1.807) is 17.0 Å². The largest absolute Gasteiger partial charge is 0.507 e. The van der Waals surface area contributed by atoms with Crippen molar-refractivity contribution in [1.29, 1.82) is 0 Å². The molecular weight excluding hydrogens is 482 g/mol. The lowest BCUT2D eigenvalue weighted by molar-refractivity contribution is -0.139. The molecule has 2 aromatic carbocycles. The van der Waals surface area contributed by atoms with E-state index in [0.29, 0.717) is 12.1 Å². The van der Waals surface area contributed by atoms with Gasteiger partial charge in [-0.05, 0) is 25.8 Å². The standard InChI is InChI=1S/C35H49NO3/c1-4-5-6-7-8-9-10-11-12-13-14-15-16-17-26-36-32(29-22-18-27(2)19-23-29)31(34(38)35(36)39)33(37)30-24-20-28(3)21-25-30/h18-25,32,37H,4-17,26H2,1-3H3/b33-31+/t32-/m0/s1. The zero-order valence-corrected chi connectivity index (χ0v) is 24.5. The highest BCUT2D eigenvalue weighted by Gasteiger charge is 2.45. The van der Waals surface area contributed by atoms with Gasteiger partial charge in [0.15, 0.2) is 0 Å². The fraction of sp³-hybridized carbons (Fsp3) is 0.543. The SMILES string of the molecule is CCCCCCCCCCCCCCCCN1C(=O)C(=O)/C(=C(/O)c2ccc(C)cc2)[C@@H]1c1ccc(C)cc1. The average Bonchev–Trinajstić information content (AvgIpc) is 3.18. The number of unbranched alkanes of at least 4 members (excludes halogenated alkanes) is 13. The monoisotopic (exact) mass is 531 g/mol. The van der Waals surface area contributed by atoms with Crippen molar-refractivity contribution in [1.82, 2.24) is 4.90 Å². The third-order valence-corrected chi connectivity index (χ3v) is 8.01. The van der Waals surface area contributed by atoms with E-state index >= 15 is 0 Å². The molecule has 0 unspecified atom stereocenters. The molecule has 1 fully saturated rings. The molecular formula is C35H49NO3. The summed E-state index contributed by atoms with van der Waals surface area (Å²) < 4.78 is 0. The van der Waals surface area contributed by atoms with Gasteiger partial charge in [0, 0.05) is 12.1 Å². The second-order valence-corrected chi connectivity index (χ2v) is 11.4. The van der Waals surface area contributed by atoms with Crippen molar-refractivity contribution >= 4 is 17.4 Å². The van der Waals surface area contributed by atoms with Gasteiger partial charge in [0.1, 0.15) is 5.76 Å². The van der Waals surface area contributed by atoms with Crippen LogP contribution in [0.25, 0.3) is 5.76 Å². The number of carbonyl (C=O) groups excluding carboxylic acids is 2. The molecule has 4 nitrogen and oxygen atoms in total. The molecule has 0 radical (unpaired) electrons. The molecule has 1 amide bonds. The van der Waals surface area contributed by atoms with Crippen LogP contribution in [0.2, 0.25) is 0 Å². The minimum Gasteiger partial charge on any atom is -0.507 e. The minimum atomic E-state index is -0.594. The van der Waals surface area contributed by atoms with Crippen molar-refractivity contribution in [3.05, 3.63) is 76.4 Å². The Bertz CT molecular complexity index is 1070. The lowest BCUT2D eigenvalue weighted by Crippen LogP contribution is -2.30. The highest BCUT2D eigenvalue weighted by molar-refractivity contribution is 6.46. The number of amides is 1. The Morgan fingerprint density at radius 1 is 0.667 bits per heavy atom. The molecule has 1 heterocycles. The van der Waals surface area contributed by atoms with Gasteiger partial charge in [-0.15, -0.1) is 0 Å². The van der Waals surface area contributed by atoms with E-state index in [4.69, 9.17) is 0 Å². The lowest BCUT2D eigenvalue weighted by atomic mass is 9.94. The Kier molecular flexibility index (Phi) is 12.8. The summed E-state index contributed by atoms with van der Waals surface area (Å²) in [5.74, 6) is -1.20. The molecule has 2 aromatic rings. The second kappa shape index (κ2) is 16.3. The molecule has 0 saturated carbocycles. The Balaban J connectivity index is 1.52. The Labute approximate surface area is 236 Å². The number of carbonyl (C=O) groups is 2. The van der Waals surface area contributed by atoms with Gasteiger partial charge in [0.05, 0.1) is 11.6 Å². The van der Waals surface area contributed by atoms with Gasteiger partial charge >= 0.3 is 0 Å². The molecule has 0 aromatic heterocycles. The van der Waals surface area contributed by atoms with Gasteiger partial charge in [-0.3, -0.25) is 9.59 Å². The van der Waals surface area contributed by atoms with Crippen molar-refractivity contribution in [3.8, 4) is 0 Å². The van der Waals surface area contributed by atoms with Gasteiger partial charge in [-0.1, -0.05) is 150 Å². The number of hydrogen-bond acceptors (Lipinski definition) is 3. The van der Waals surface area contributed by atoms with Crippen molar-refractivity contribution in [3.63, 3.8) is 0 Å². The Morgan fingerprint density at radius 3 is 1.59 bits per heavy atom. The van der Waals surface area contributed by atoms with Crippen LogP contribution in [0.1, 0.15) is 125 Å². The van der Waals surface area contributed by atoms with Crippen molar-refractivity contribution in [2.75, 3.05) is 6.54 Å². The van der Waals surface area contributed by atoms with Gasteiger partial charge in [0.25, 0.3) is 11.7 Å². The molecule has 1 aliphatic rings. The fourth-order valence-corrected chi connectivity index (χ4v) is 5.55. The van der Waals surface area contributed by atoms with E-state index in [1.165, 1.54) is 70.6 Å². The third-order valence-electron chi connectivity index (χ3n) is 8.01. The van der Waals surface area contributed by atoms with E-state index in [-0.39, 0.29) is 11.3 Å². The van der Waals surface area contributed by atoms with E-state index in [9.17, 15) is 14.7 Å². The molecule has 1 atom stereocenters. The van der Waals surface area contributed by atoms with Crippen LogP contribution in [0.4, 0.5) is 0 Å². The van der Waals surface area contributed by atoms with E-state index < -0.39 is 17.7 Å². The summed E-state index contributed by atoms with van der Waals surface area (Å²) in [7, 11) is 0. The van der Waals surface area contributed by atoms with Crippen LogP contribution in [0.15, 0.2) is 54.1 Å². The van der Waals surface area contributed by atoms with E-state index in [2.05, 4.69) is 6.92 Å². The number of Topliss-reactive ketones (excluding diaryl/α,β-unsaturated/α-hetero) is 1. The summed E-state index contributed by atoms with van der Waals surface area (Å²) >= 11 is 0. The number of aliphatic hydroxyl groups is 1. The topological polar surface area (TPSA) is 57.6 Å². The molecule has 1 saturated heterocycles. The number of rotatable bonds is 17. The summed E-state index contributed by atoms with van der Waals surface area (Å²) in [4.78, 5) is 28.0. The van der Waals surface area contributed by atoms with Crippen molar-refractivity contribution in [2.24, 2.45) is 0 Å². The van der Waals surface area contributed by atoms with Gasteiger partial charge in [0.2, 0.25) is 0 Å². The van der Waals surface area contributed by atoms with Gasteiger partial charge in [-0.2, -0.15) is 0 Å². The first kappa shape index (κ1) is 30.7. The number of aliphatic hydroxyl groups excluding tert-OH is 1. The number of ketones is 1. The third kappa shape index (κ3) is 9.08. The van der Waals surface area contributed by atoms with Crippen LogP contribution in [0.5, 0.6) is 0 Å². The molecule has 212 valence electrons. The Morgan fingerprint density at radius 2 is 1.10 bits per heavy atom. The first-order valence-corrected chi connectivity index (χ1v) is 15.4. The number of nitrogens with zero attached hydrogens (tertiary/aromatic N) is 1. The number of likely N-dealkylation sites (tertiary alicyclic amines) is 1. The molecule has 4 heteroatoms. The van der Waals surface area contributed by atoms with Crippen molar-refractivity contribution < 1.29 is 14.7 Å². The average molecular weight is 532 g/mol.